The van der Waals surface area contributed by atoms with Gasteiger partial charge in [-0.15, -0.1) is 0 Å². The summed E-state index contributed by atoms with van der Waals surface area (Å²) in [6.07, 6.45) is 0. The highest BCUT2D eigenvalue weighted by atomic mass is 79.9. The summed E-state index contributed by atoms with van der Waals surface area (Å²) in [6, 6.07) is 9.09. The maximum Gasteiger partial charge on any atom is 0.123 e. The molecular weight excluding hydrogens is 324 g/mol. The van der Waals surface area contributed by atoms with E-state index in [0.717, 1.165) is 27.7 Å². The summed E-state index contributed by atoms with van der Waals surface area (Å²) in [6.45, 7) is 4.57. The molecule has 0 heterocycles. The number of nitrogens with one attached hydrogen (secondary N) is 1. The average Bonchev–Trinajstić information content (AvgIpc) is 2.40. The van der Waals surface area contributed by atoms with Crippen LogP contribution in [0.1, 0.15) is 29.7 Å². The molecule has 106 valence electrons. The molecule has 0 aliphatic heterocycles. The minimum absolute atomic E-state index is 0.175. The topological polar surface area (TPSA) is 12.0 Å². The molecule has 0 aliphatic carbocycles. The number of hydrogen-bond donors (Lipinski definition) is 1. The molecule has 2 aromatic carbocycles. The van der Waals surface area contributed by atoms with Crippen LogP contribution in [0.4, 0.5) is 8.78 Å². The molecule has 0 amide bonds. The van der Waals surface area contributed by atoms with E-state index >= 15 is 0 Å². The summed E-state index contributed by atoms with van der Waals surface area (Å²) in [5, 5.41) is 3.32. The van der Waals surface area contributed by atoms with E-state index in [9.17, 15) is 8.78 Å². The predicted octanol–water partition coefficient (Wildman–Crippen LogP) is 4.73. The van der Waals surface area contributed by atoms with E-state index in [0.29, 0.717) is 0 Å². The standard InChI is InChI=1S/C16H16BrF2N/c1-3-20-16(13-6-4-11(18)8-10(13)2)14-9-12(19)5-7-15(14)17/h4-9,16,20H,3H2,1-2H3. The van der Waals surface area contributed by atoms with Crippen LogP contribution in [0.25, 0.3) is 0 Å². The largest absolute Gasteiger partial charge is 0.306 e. The summed E-state index contributed by atoms with van der Waals surface area (Å²) >= 11 is 3.46. The first-order chi connectivity index (χ1) is 9.52. The lowest BCUT2D eigenvalue weighted by Gasteiger charge is -2.22. The number of benzene rings is 2. The van der Waals surface area contributed by atoms with Crippen molar-refractivity contribution in [2.45, 2.75) is 19.9 Å². The van der Waals surface area contributed by atoms with Gasteiger partial charge in [-0.25, -0.2) is 8.78 Å². The molecular formula is C16H16BrF2N. The Morgan fingerprint density at radius 3 is 2.35 bits per heavy atom. The van der Waals surface area contributed by atoms with Gasteiger partial charge in [-0.05, 0) is 60.5 Å². The molecule has 0 fully saturated rings. The van der Waals surface area contributed by atoms with Gasteiger partial charge < -0.3 is 5.32 Å². The molecule has 1 nitrogen and oxygen atoms in total. The van der Waals surface area contributed by atoms with Gasteiger partial charge in [-0.2, -0.15) is 0 Å². The number of hydrogen-bond acceptors (Lipinski definition) is 1. The van der Waals surface area contributed by atoms with Gasteiger partial charge in [-0.3, -0.25) is 0 Å². The third-order valence-corrected chi connectivity index (χ3v) is 3.94. The van der Waals surface area contributed by atoms with Crippen molar-refractivity contribution in [3.63, 3.8) is 0 Å². The number of aryl methyl sites for hydroxylation is 1. The lowest BCUT2D eigenvalue weighted by molar-refractivity contribution is 0.595. The van der Waals surface area contributed by atoms with Crippen molar-refractivity contribution in [2.24, 2.45) is 0 Å². The van der Waals surface area contributed by atoms with Crippen LogP contribution in [0.15, 0.2) is 40.9 Å². The molecule has 0 saturated heterocycles. The molecule has 1 N–H and O–H groups in total. The van der Waals surface area contributed by atoms with Crippen molar-refractivity contribution in [1.29, 1.82) is 0 Å². The van der Waals surface area contributed by atoms with Crippen LogP contribution in [0.5, 0.6) is 0 Å². The van der Waals surface area contributed by atoms with Crippen molar-refractivity contribution >= 4 is 15.9 Å². The summed E-state index contributed by atoms with van der Waals surface area (Å²) in [5.74, 6) is -0.550. The van der Waals surface area contributed by atoms with E-state index in [1.165, 1.54) is 24.3 Å². The van der Waals surface area contributed by atoms with Crippen LogP contribution in [-0.4, -0.2) is 6.54 Å². The van der Waals surface area contributed by atoms with E-state index in [2.05, 4.69) is 21.2 Å². The molecule has 2 aromatic rings. The van der Waals surface area contributed by atoms with Gasteiger partial charge >= 0.3 is 0 Å². The second-order valence-corrected chi connectivity index (χ2v) is 5.51. The van der Waals surface area contributed by atoms with Gasteiger partial charge in [0, 0.05) is 4.47 Å². The molecule has 0 aliphatic rings. The molecule has 1 atom stereocenters. The fraction of sp³-hybridized carbons (Fsp3) is 0.250. The number of halogens is 3. The Labute approximate surface area is 126 Å². The van der Waals surface area contributed by atoms with Gasteiger partial charge in [0.2, 0.25) is 0 Å². The van der Waals surface area contributed by atoms with Gasteiger partial charge in [-0.1, -0.05) is 28.9 Å². The van der Waals surface area contributed by atoms with Gasteiger partial charge in [0.05, 0.1) is 6.04 Å². The SMILES string of the molecule is CCNC(c1ccc(F)cc1C)c1cc(F)ccc1Br. The van der Waals surface area contributed by atoms with E-state index in [1.54, 1.807) is 12.1 Å². The summed E-state index contributed by atoms with van der Waals surface area (Å²) in [4.78, 5) is 0. The maximum atomic E-state index is 13.5. The van der Waals surface area contributed by atoms with Crippen molar-refractivity contribution in [3.8, 4) is 0 Å². The predicted molar refractivity (Wildman–Crippen MR) is 80.8 cm³/mol. The van der Waals surface area contributed by atoms with E-state index < -0.39 is 0 Å². The first-order valence-corrected chi connectivity index (χ1v) is 7.26. The summed E-state index contributed by atoms with van der Waals surface area (Å²) in [7, 11) is 0. The highest BCUT2D eigenvalue weighted by Gasteiger charge is 2.18. The van der Waals surface area contributed by atoms with Gasteiger partial charge in [0.1, 0.15) is 11.6 Å². The third kappa shape index (κ3) is 3.25. The Morgan fingerprint density at radius 1 is 1.05 bits per heavy atom. The average molecular weight is 340 g/mol. The number of rotatable bonds is 4. The fourth-order valence-corrected chi connectivity index (χ4v) is 2.77. The first-order valence-electron chi connectivity index (χ1n) is 6.47. The van der Waals surface area contributed by atoms with Crippen molar-refractivity contribution in [2.75, 3.05) is 6.54 Å². The molecule has 0 spiro atoms. The minimum Gasteiger partial charge on any atom is -0.306 e. The smallest absolute Gasteiger partial charge is 0.123 e. The zero-order valence-electron chi connectivity index (χ0n) is 11.4. The third-order valence-electron chi connectivity index (χ3n) is 3.22. The van der Waals surface area contributed by atoms with E-state index in [4.69, 9.17) is 0 Å². The minimum atomic E-state index is -0.286. The van der Waals surface area contributed by atoms with Gasteiger partial charge in [0.15, 0.2) is 0 Å². The Balaban J connectivity index is 2.53. The molecule has 0 saturated carbocycles. The Morgan fingerprint density at radius 2 is 1.70 bits per heavy atom. The van der Waals surface area contributed by atoms with Crippen LogP contribution in [0, 0.1) is 18.6 Å². The zero-order chi connectivity index (χ0) is 14.7. The Bertz CT molecular complexity index is 613. The lowest BCUT2D eigenvalue weighted by atomic mass is 9.94. The van der Waals surface area contributed by atoms with Gasteiger partial charge in [0.25, 0.3) is 0 Å². The molecule has 0 aromatic heterocycles. The highest BCUT2D eigenvalue weighted by molar-refractivity contribution is 9.10. The normalized spacial score (nSPS) is 12.4. The first kappa shape index (κ1) is 15.1. The second-order valence-electron chi connectivity index (χ2n) is 4.66. The molecule has 2 rings (SSSR count). The molecule has 0 bridgehead atoms. The van der Waals surface area contributed by atoms with E-state index in [1.807, 2.05) is 13.8 Å². The lowest BCUT2D eigenvalue weighted by Crippen LogP contribution is -2.23. The second kappa shape index (κ2) is 6.46. The van der Waals surface area contributed by atoms with Crippen LogP contribution in [0.2, 0.25) is 0 Å². The Hall–Kier alpha value is -1.26. The quantitative estimate of drug-likeness (QED) is 0.848. The van der Waals surface area contributed by atoms with Crippen LogP contribution in [-0.2, 0) is 0 Å². The molecule has 4 heteroatoms. The van der Waals surface area contributed by atoms with Crippen LogP contribution in [0.3, 0.4) is 0 Å². The molecule has 0 radical (unpaired) electrons. The van der Waals surface area contributed by atoms with Crippen LogP contribution < -0.4 is 5.32 Å². The van der Waals surface area contributed by atoms with Crippen LogP contribution >= 0.6 is 15.9 Å². The van der Waals surface area contributed by atoms with Crippen molar-refractivity contribution in [3.05, 3.63) is 69.2 Å². The summed E-state index contributed by atoms with van der Waals surface area (Å²) < 4.78 is 27.6. The van der Waals surface area contributed by atoms with E-state index in [-0.39, 0.29) is 17.7 Å². The fourth-order valence-electron chi connectivity index (χ4n) is 2.29. The molecule has 20 heavy (non-hydrogen) atoms. The van der Waals surface area contributed by atoms with Crippen molar-refractivity contribution in [1.82, 2.24) is 5.32 Å². The summed E-state index contributed by atoms with van der Waals surface area (Å²) in [5.41, 5.74) is 2.59. The maximum absolute atomic E-state index is 13.5. The molecule has 1 unspecified atom stereocenters. The Kier molecular flexibility index (Phi) is 4.89. The highest BCUT2D eigenvalue weighted by Crippen LogP contribution is 2.31. The van der Waals surface area contributed by atoms with Crippen molar-refractivity contribution < 1.29 is 8.78 Å². The monoisotopic (exact) mass is 339 g/mol. The zero-order valence-corrected chi connectivity index (χ0v) is 13.0.